The van der Waals surface area contributed by atoms with Crippen molar-refractivity contribution in [1.29, 1.82) is 0 Å². The van der Waals surface area contributed by atoms with E-state index in [0.29, 0.717) is 6.54 Å². The number of hydrogen-bond donors (Lipinski definition) is 1. The standard InChI is InChI=1S/C6H10N4/c7-4-6-9-8-5-2-1-3-10(5)6/h1-4,7H2. The van der Waals surface area contributed by atoms with Gasteiger partial charge in [0.2, 0.25) is 0 Å². The highest BCUT2D eigenvalue weighted by molar-refractivity contribution is 4.99. The van der Waals surface area contributed by atoms with Gasteiger partial charge >= 0.3 is 0 Å². The van der Waals surface area contributed by atoms with E-state index in [2.05, 4.69) is 14.8 Å². The molecule has 54 valence electrons. The Morgan fingerprint density at radius 1 is 1.50 bits per heavy atom. The summed E-state index contributed by atoms with van der Waals surface area (Å²) in [5.41, 5.74) is 5.44. The van der Waals surface area contributed by atoms with Crippen LogP contribution in [0.4, 0.5) is 0 Å². The Balaban J connectivity index is 2.44. The van der Waals surface area contributed by atoms with Gasteiger partial charge in [-0.25, -0.2) is 0 Å². The van der Waals surface area contributed by atoms with Crippen LogP contribution in [-0.4, -0.2) is 14.8 Å². The van der Waals surface area contributed by atoms with Gasteiger partial charge in [0.25, 0.3) is 0 Å². The van der Waals surface area contributed by atoms with Crippen LogP contribution < -0.4 is 5.73 Å². The molecule has 0 amide bonds. The van der Waals surface area contributed by atoms with E-state index in [1.54, 1.807) is 0 Å². The van der Waals surface area contributed by atoms with Crippen molar-refractivity contribution >= 4 is 0 Å². The van der Waals surface area contributed by atoms with Crippen molar-refractivity contribution in [2.24, 2.45) is 5.73 Å². The molecule has 10 heavy (non-hydrogen) atoms. The van der Waals surface area contributed by atoms with E-state index in [0.717, 1.165) is 24.6 Å². The van der Waals surface area contributed by atoms with Gasteiger partial charge in [0.1, 0.15) is 11.6 Å². The number of rotatable bonds is 1. The number of fused-ring (bicyclic) bond motifs is 1. The summed E-state index contributed by atoms with van der Waals surface area (Å²) in [6, 6.07) is 0. The number of nitrogens with zero attached hydrogens (tertiary/aromatic N) is 3. The fourth-order valence-electron chi connectivity index (χ4n) is 1.36. The minimum absolute atomic E-state index is 0.507. The molecule has 0 saturated heterocycles. The van der Waals surface area contributed by atoms with E-state index in [4.69, 9.17) is 5.73 Å². The van der Waals surface area contributed by atoms with Gasteiger partial charge in [0, 0.05) is 13.0 Å². The molecular formula is C6H10N4. The van der Waals surface area contributed by atoms with E-state index in [1.807, 2.05) is 0 Å². The fraction of sp³-hybridized carbons (Fsp3) is 0.667. The topological polar surface area (TPSA) is 56.7 Å². The Morgan fingerprint density at radius 2 is 2.40 bits per heavy atom. The van der Waals surface area contributed by atoms with Gasteiger partial charge in [0.15, 0.2) is 0 Å². The summed E-state index contributed by atoms with van der Waals surface area (Å²) >= 11 is 0. The molecule has 0 fully saturated rings. The fourth-order valence-corrected chi connectivity index (χ4v) is 1.36. The summed E-state index contributed by atoms with van der Waals surface area (Å²) in [4.78, 5) is 0. The third-order valence-electron chi connectivity index (χ3n) is 1.87. The van der Waals surface area contributed by atoms with Crippen LogP contribution in [0.2, 0.25) is 0 Å². The molecule has 2 heterocycles. The first-order chi connectivity index (χ1) is 4.92. The summed E-state index contributed by atoms with van der Waals surface area (Å²) in [5, 5.41) is 7.94. The molecule has 0 aromatic carbocycles. The second kappa shape index (κ2) is 2.05. The van der Waals surface area contributed by atoms with E-state index < -0.39 is 0 Å². The molecule has 2 N–H and O–H groups in total. The van der Waals surface area contributed by atoms with Gasteiger partial charge in [-0.2, -0.15) is 0 Å². The summed E-state index contributed by atoms with van der Waals surface area (Å²) in [6.07, 6.45) is 2.25. The number of hydrogen-bond acceptors (Lipinski definition) is 3. The first-order valence-electron chi connectivity index (χ1n) is 3.53. The highest BCUT2D eigenvalue weighted by atomic mass is 15.3. The van der Waals surface area contributed by atoms with Crippen molar-refractivity contribution in [3.05, 3.63) is 11.6 Å². The minimum atomic E-state index is 0.507. The zero-order valence-corrected chi connectivity index (χ0v) is 5.75. The van der Waals surface area contributed by atoms with Gasteiger partial charge < -0.3 is 10.3 Å². The van der Waals surface area contributed by atoms with Crippen molar-refractivity contribution in [2.45, 2.75) is 25.9 Å². The quantitative estimate of drug-likeness (QED) is 0.578. The van der Waals surface area contributed by atoms with Crippen LogP contribution in [0.5, 0.6) is 0 Å². The molecule has 1 aromatic heterocycles. The molecule has 4 heteroatoms. The molecule has 4 nitrogen and oxygen atoms in total. The predicted octanol–water partition coefficient (Wildman–Crippen LogP) is -0.317. The second-order valence-corrected chi connectivity index (χ2v) is 2.49. The number of aromatic nitrogens is 3. The normalized spacial score (nSPS) is 15.7. The lowest BCUT2D eigenvalue weighted by molar-refractivity contribution is 0.688. The maximum atomic E-state index is 5.44. The average molecular weight is 138 g/mol. The Labute approximate surface area is 59.1 Å². The third kappa shape index (κ3) is 0.654. The molecule has 0 aliphatic carbocycles. The molecule has 1 aliphatic rings. The van der Waals surface area contributed by atoms with Crippen molar-refractivity contribution in [2.75, 3.05) is 0 Å². The molecule has 0 spiro atoms. The number of nitrogens with two attached hydrogens (primary N) is 1. The molecule has 1 aliphatic heterocycles. The molecule has 1 aromatic rings. The number of aryl methyl sites for hydroxylation is 1. The summed E-state index contributed by atoms with van der Waals surface area (Å²) < 4.78 is 2.11. The highest BCUT2D eigenvalue weighted by Gasteiger charge is 2.15. The van der Waals surface area contributed by atoms with Crippen LogP contribution >= 0.6 is 0 Å². The van der Waals surface area contributed by atoms with Crippen molar-refractivity contribution in [3.8, 4) is 0 Å². The molecule has 0 unspecified atom stereocenters. The zero-order valence-electron chi connectivity index (χ0n) is 5.75. The lowest BCUT2D eigenvalue weighted by atomic mass is 10.4. The van der Waals surface area contributed by atoms with E-state index in [9.17, 15) is 0 Å². The Bertz CT molecular complexity index is 240. The smallest absolute Gasteiger partial charge is 0.146 e. The SMILES string of the molecule is NCc1nnc2n1CCC2. The van der Waals surface area contributed by atoms with E-state index >= 15 is 0 Å². The van der Waals surface area contributed by atoms with E-state index in [-0.39, 0.29) is 0 Å². The van der Waals surface area contributed by atoms with Gasteiger partial charge in [0.05, 0.1) is 6.54 Å². The van der Waals surface area contributed by atoms with Crippen LogP contribution in [0.1, 0.15) is 18.1 Å². The zero-order chi connectivity index (χ0) is 6.97. The average Bonchev–Trinajstić information content (AvgIpc) is 2.44. The largest absolute Gasteiger partial charge is 0.324 e. The van der Waals surface area contributed by atoms with Crippen molar-refractivity contribution in [1.82, 2.24) is 14.8 Å². The Morgan fingerprint density at radius 3 is 3.20 bits per heavy atom. The molecular weight excluding hydrogens is 128 g/mol. The third-order valence-corrected chi connectivity index (χ3v) is 1.87. The predicted molar refractivity (Wildman–Crippen MR) is 36.2 cm³/mol. The summed E-state index contributed by atoms with van der Waals surface area (Å²) in [6.45, 7) is 1.56. The lowest BCUT2D eigenvalue weighted by Crippen LogP contribution is -2.06. The van der Waals surface area contributed by atoms with Crippen LogP contribution in [0.15, 0.2) is 0 Å². The maximum Gasteiger partial charge on any atom is 0.146 e. The molecule has 0 bridgehead atoms. The Hall–Kier alpha value is -0.900. The second-order valence-electron chi connectivity index (χ2n) is 2.49. The minimum Gasteiger partial charge on any atom is -0.324 e. The van der Waals surface area contributed by atoms with Crippen LogP contribution in [-0.2, 0) is 19.5 Å². The van der Waals surface area contributed by atoms with Gasteiger partial charge in [-0.3, -0.25) is 0 Å². The maximum absolute atomic E-state index is 5.44. The summed E-state index contributed by atoms with van der Waals surface area (Å²) in [5.74, 6) is 2.02. The molecule has 0 atom stereocenters. The van der Waals surface area contributed by atoms with Gasteiger partial charge in [-0.05, 0) is 6.42 Å². The molecule has 0 radical (unpaired) electrons. The van der Waals surface area contributed by atoms with Gasteiger partial charge in [-0.1, -0.05) is 0 Å². The first kappa shape index (κ1) is 5.85. The monoisotopic (exact) mass is 138 g/mol. The molecule has 0 saturated carbocycles. The van der Waals surface area contributed by atoms with Crippen LogP contribution in [0.25, 0.3) is 0 Å². The van der Waals surface area contributed by atoms with E-state index in [1.165, 1.54) is 6.42 Å². The van der Waals surface area contributed by atoms with Crippen LogP contribution in [0.3, 0.4) is 0 Å². The highest BCUT2D eigenvalue weighted by Crippen LogP contribution is 2.12. The summed E-state index contributed by atoms with van der Waals surface area (Å²) in [7, 11) is 0. The first-order valence-corrected chi connectivity index (χ1v) is 3.53. The molecule has 2 rings (SSSR count). The van der Waals surface area contributed by atoms with Crippen molar-refractivity contribution in [3.63, 3.8) is 0 Å². The Kier molecular flexibility index (Phi) is 1.20. The lowest BCUT2D eigenvalue weighted by Gasteiger charge is -1.96. The van der Waals surface area contributed by atoms with Crippen molar-refractivity contribution < 1.29 is 0 Å². The van der Waals surface area contributed by atoms with Gasteiger partial charge in [-0.15, -0.1) is 10.2 Å². The van der Waals surface area contributed by atoms with Crippen LogP contribution in [0, 0.1) is 0 Å².